The number of anilines is 1. The highest BCUT2D eigenvalue weighted by atomic mass is 32.2. The molecule has 1 aromatic heterocycles. The molecule has 3 aromatic rings. The number of para-hydroxylation sites is 1. The van der Waals surface area contributed by atoms with Gasteiger partial charge < -0.3 is 18.2 Å². The lowest BCUT2D eigenvalue weighted by Crippen LogP contribution is -2.42. The molecule has 1 amide bonds. The third kappa shape index (κ3) is 3.17. The average molecular weight is 479 g/mol. The Kier molecular flexibility index (Phi) is 4.54. The van der Waals surface area contributed by atoms with E-state index in [1.54, 1.807) is 43.3 Å². The Morgan fingerprint density at radius 3 is 2.55 bits per heavy atom. The number of alkyl halides is 3. The van der Waals surface area contributed by atoms with Crippen LogP contribution in [0.2, 0.25) is 0 Å². The van der Waals surface area contributed by atoms with Gasteiger partial charge in [-0.1, -0.05) is 18.2 Å². The Hall–Kier alpha value is -3.47. The number of halogens is 3. The number of furan rings is 1. The number of amides is 1. The molecule has 1 spiro atoms. The van der Waals surface area contributed by atoms with Crippen LogP contribution in [0.25, 0.3) is 0 Å². The van der Waals surface area contributed by atoms with Crippen molar-refractivity contribution in [1.29, 1.82) is 0 Å². The fourth-order valence-corrected chi connectivity index (χ4v) is 4.72. The molecule has 2 aliphatic heterocycles. The third-order valence-electron chi connectivity index (χ3n) is 5.72. The summed E-state index contributed by atoms with van der Waals surface area (Å²) in [7, 11) is -5.88. The molecular weight excluding hydrogens is 463 g/mol. The minimum Gasteiger partial charge on any atom is -0.491 e. The summed E-state index contributed by atoms with van der Waals surface area (Å²) in [5.74, 6) is 0.557. The van der Waals surface area contributed by atoms with Gasteiger partial charge in [0.25, 0.3) is 0 Å². The molecule has 3 heterocycles. The summed E-state index contributed by atoms with van der Waals surface area (Å²) in [5.41, 5.74) is -5.54. The maximum atomic E-state index is 13.8. The van der Waals surface area contributed by atoms with E-state index in [0.29, 0.717) is 22.8 Å². The Bertz CT molecular complexity index is 1380. The maximum absolute atomic E-state index is 13.8. The lowest BCUT2D eigenvalue weighted by atomic mass is 9.77. The van der Waals surface area contributed by atoms with Gasteiger partial charge in [0.05, 0.1) is 6.54 Å². The van der Waals surface area contributed by atoms with Crippen molar-refractivity contribution in [2.45, 2.75) is 24.4 Å². The predicted molar refractivity (Wildman–Crippen MR) is 109 cm³/mol. The van der Waals surface area contributed by atoms with E-state index in [1.807, 2.05) is 0 Å². The Morgan fingerprint density at radius 2 is 1.85 bits per heavy atom. The molecule has 2 aliphatic rings. The molecule has 0 saturated heterocycles. The number of ether oxygens (including phenoxy) is 1. The van der Waals surface area contributed by atoms with Gasteiger partial charge in [0.15, 0.2) is 0 Å². The zero-order valence-electron chi connectivity index (χ0n) is 17.0. The van der Waals surface area contributed by atoms with Crippen molar-refractivity contribution in [2.75, 3.05) is 11.5 Å². The van der Waals surface area contributed by atoms with E-state index in [1.165, 1.54) is 11.0 Å². The van der Waals surface area contributed by atoms with Gasteiger partial charge in [-0.3, -0.25) is 4.79 Å². The number of aryl methyl sites for hydroxylation is 1. The summed E-state index contributed by atoms with van der Waals surface area (Å²) in [6.45, 7) is 1.82. The monoisotopic (exact) mass is 479 g/mol. The second kappa shape index (κ2) is 7.01. The first-order chi connectivity index (χ1) is 15.5. The number of carbonyl (C=O) groups is 1. The molecule has 7 nitrogen and oxygen atoms in total. The molecule has 0 bridgehead atoms. The van der Waals surface area contributed by atoms with Crippen molar-refractivity contribution in [3.05, 3.63) is 77.2 Å². The number of fused-ring (bicyclic) bond motifs is 4. The van der Waals surface area contributed by atoms with Crippen LogP contribution in [0.1, 0.15) is 22.6 Å². The van der Waals surface area contributed by atoms with Gasteiger partial charge in [-0.05, 0) is 48.9 Å². The van der Waals surface area contributed by atoms with Crippen molar-refractivity contribution in [3.8, 4) is 11.5 Å². The van der Waals surface area contributed by atoms with Gasteiger partial charge in [0, 0.05) is 11.3 Å². The fraction of sp³-hybridized carbons (Fsp3) is 0.227. The average Bonchev–Trinajstić information content (AvgIpc) is 3.40. The first kappa shape index (κ1) is 21.4. The zero-order chi connectivity index (χ0) is 23.6. The molecule has 33 heavy (non-hydrogen) atoms. The second-order valence-corrected chi connectivity index (χ2v) is 9.29. The Morgan fingerprint density at radius 1 is 1.09 bits per heavy atom. The summed E-state index contributed by atoms with van der Waals surface area (Å²) in [6, 6.07) is 14.0. The summed E-state index contributed by atoms with van der Waals surface area (Å²) in [6.07, 6.45) is 0. The largest absolute Gasteiger partial charge is 0.534 e. The SMILES string of the molecule is Cc1ccc(CN2C(=O)C3(COc4ccc(OS(=O)(=O)C(F)(F)F)cc43)c3ccccc32)o1. The minimum atomic E-state index is -5.88. The van der Waals surface area contributed by atoms with E-state index in [-0.39, 0.29) is 30.4 Å². The lowest BCUT2D eigenvalue weighted by Gasteiger charge is -2.23. The molecule has 172 valence electrons. The van der Waals surface area contributed by atoms with Crippen molar-refractivity contribution >= 4 is 21.7 Å². The molecule has 0 aliphatic carbocycles. The second-order valence-electron chi connectivity index (χ2n) is 7.76. The smallest absolute Gasteiger partial charge is 0.491 e. The van der Waals surface area contributed by atoms with Crippen molar-refractivity contribution < 1.29 is 39.7 Å². The summed E-state index contributed by atoms with van der Waals surface area (Å²) >= 11 is 0. The molecule has 1 unspecified atom stereocenters. The van der Waals surface area contributed by atoms with Crippen LogP contribution in [0, 0.1) is 6.92 Å². The number of benzene rings is 2. The van der Waals surface area contributed by atoms with E-state index in [0.717, 1.165) is 12.1 Å². The van der Waals surface area contributed by atoms with Gasteiger partial charge in [0.2, 0.25) is 5.91 Å². The highest BCUT2D eigenvalue weighted by Gasteiger charge is 2.57. The first-order valence-electron chi connectivity index (χ1n) is 9.78. The molecule has 0 N–H and O–H groups in total. The standard InChI is InChI=1S/C22H16F3NO6S/c1-13-6-7-15(31-13)11-26-18-5-3-2-4-16(18)21(20(26)27)12-30-19-9-8-14(10-17(19)21)32-33(28,29)22(23,24)25/h2-10H,11-12H2,1H3. The topological polar surface area (TPSA) is 86.0 Å². The third-order valence-corrected chi connectivity index (χ3v) is 6.70. The Labute approximate surface area is 186 Å². The number of carbonyl (C=O) groups excluding carboxylic acids is 1. The molecule has 5 rings (SSSR count). The van der Waals surface area contributed by atoms with Crippen molar-refractivity contribution in [3.63, 3.8) is 0 Å². The quantitative estimate of drug-likeness (QED) is 0.415. The Balaban J connectivity index is 1.60. The van der Waals surface area contributed by atoms with Gasteiger partial charge in [0.1, 0.15) is 35.0 Å². The van der Waals surface area contributed by atoms with Gasteiger partial charge in [-0.25, -0.2) is 0 Å². The summed E-state index contributed by atoms with van der Waals surface area (Å²) < 4.78 is 77.0. The van der Waals surface area contributed by atoms with E-state index in [4.69, 9.17) is 9.15 Å². The van der Waals surface area contributed by atoms with Gasteiger partial charge in [-0.2, -0.15) is 21.6 Å². The van der Waals surface area contributed by atoms with Gasteiger partial charge in [-0.15, -0.1) is 0 Å². The van der Waals surface area contributed by atoms with Crippen molar-refractivity contribution in [1.82, 2.24) is 0 Å². The molecule has 0 fully saturated rings. The van der Waals surface area contributed by atoms with E-state index < -0.39 is 26.8 Å². The molecule has 1 atom stereocenters. The van der Waals surface area contributed by atoms with Crippen LogP contribution in [0.4, 0.5) is 18.9 Å². The minimum absolute atomic E-state index is 0.0959. The summed E-state index contributed by atoms with van der Waals surface area (Å²) in [4.78, 5) is 15.3. The van der Waals surface area contributed by atoms with E-state index in [2.05, 4.69) is 4.18 Å². The van der Waals surface area contributed by atoms with Crippen LogP contribution >= 0.6 is 0 Å². The number of hydrogen-bond donors (Lipinski definition) is 0. The van der Waals surface area contributed by atoms with Gasteiger partial charge >= 0.3 is 15.6 Å². The van der Waals surface area contributed by atoms with Crippen molar-refractivity contribution in [2.24, 2.45) is 0 Å². The van der Waals surface area contributed by atoms with E-state index in [9.17, 15) is 26.4 Å². The van der Waals surface area contributed by atoms with Crippen LogP contribution in [0.3, 0.4) is 0 Å². The molecular formula is C22H16F3NO6S. The zero-order valence-corrected chi connectivity index (χ0v) is 17.9. The molecule has 0 radical (unpaired) electrons. The number of nitrogens with zero attached hydrogens (tertiary/aromatic N) is 1. The molecule has 0 saturated carbocycles. The maximum Gasteiger partial charge on any atom is 0.534 e. The fourth-order valence-electron chi connectivity index (χ4n) is 4.27. The van der Waals surface area contributed by atoms with Crippen LogP contribution in [0.5, 0.6) is 11.5 Å². The predicted octanol–water partition coefficient (Wildman–Crippen LogP) is 4.04. The van der Waals surface area contributed by atoms with Crippen LogP contribution in [0.15, 0.2) is 59.0 Å². The van der Waals surface area contributed by atoms with Crippen LogP contribution < -0.4 is 13.8 Å². The summed E-state index contributed by atoms with van der Waals surface area (Å²) in [5, 5.41) is 0. The van der Waals surface area contributed by atoms with Crippen LogP contribution in [-0.4, -0.2) is 26.4 Å². The normalized spacial score (nSPS) is 19.5. The highest BCUT2D eigenvalue weighted by Crippen LogP contribution is 2.53. The van der Waals surface area contributed by atoms with Crippen LogP contribution in [-0.2, 0) is 26.9 Å². The molecule has 11 heteroatoms. The van der Waals surface area contributed by atoms with E-state index >= 15 is 0 Å². The lowest BCUT2D eigenvalue weighted by molar-refractivity contribution is -0.122. The first-order valence-corrected chi connectivity index (χ1v) is 11.2. The molecule has 2 aromatic carbocycles. The number of hydrogen-bond acceptors (Lipinski definition) is 6. The highest BCUT2D eigenvalue weighted by molar-refractivity contribution is 7.88. The number of rotatable bonds is 4.